The molecular formula is C26H22N6O4S. The van der Waals surface area contributed by atoms with Crippen molar-refractivity contribution in [3.05, 3.63) is 94.3 Å². The van der Waals surface area contributed by atoms with E-state index in [-0.39, 0.29) is 30.7 Å². The molecule has 3 amide bonds. The molecule has 0 spiro atoms. The third-order valence-corrected chi connectivity index (χ3v) is 6.72. The highest BCUT2D eigenvalue weighted by molar-refractivity contribution is 7.12. The summed E-state index contributed by atoms with van der Waals surface area (Å²) in [6.07, 6.45) is 4.84. The van der Waals surface area contributed by atoms with Crippen LogP contribution in [0.5, 0.6) is 5.75 Å². The molecule has 1 atom stereocenters. The zero-order valence-electron chi connectivity index (χ0n) is 19.7. The van der Waals surface area contributed by atoms with E-state index in [1.165, 1.54) is 35.7 Å². The van der Waals surface area contributed by atoms with E-state index in [4.69, 9.17) is 4.74 Å². The van der Waals surface area contributed by atoms with Crippen molar-refractivity contribution in [2.45, 2.75) is 19.0 Å². The van der Waals surface area contributed by atoms with Crippen LogP contribution < -0.4 is 15.4 Å². The number of hydrogen-bond donors (Lipinski definition) is 2. The zero-order chi connectivity index (χ0) is 25.8. The smallest absolute Gasteiger partial charge is 0.267 e. The van der Waals surface area contributed by atoms with Crippen LogP contribution in [0, 0.1) is 0 Å². The minimum absolute atomic E-state index is 0.0863. The first-order valence-corrected chi connectivity index (χ1v) is 12.3. The molecule has 37 heavy (non-hydrogen) atoms. The molecule has 0 saturated carbocycles. The van der Waals surface area contributed by atoms with E-state index in [1.807, 2.05) is 12.1 Å². The van der Waals surface area contributed by atoms with Crippen LogP contribution in [0.4, 0.5) is 11.5 Å². The molecule has 5 heterocycles. The quantitative estimate of drug-likeness (QED) is 0.387. The van der Waals surface area contributed by atoms with Crippen molar-refractivity contribution >= 4 is 40.6 Å². The lowest BCUT2D eigenvalue weighted by Crippen LogP contribution is -2.46. The molecule has 1 aliphatic heterocycles. The normalized spacial score (nSPS) is 14.9. The summed E-state index contributed by atoms with van der Waals surface area (Å²) in [5, 5.41) is 7.34. The maximum absolute atomic E-state index is 13.5. The molecule has 11 heteroatoms. The number of rotatable bonds is 7. The number of anilines is 2. The lowest BCUT2D eigenvalue weighted by atomic mass is 10.1. The van der Waals surface area contributed by atoms with Gasteiger partial charge in [0.1, 0.15) is 22.5 Å². The standard InChI is InChI=1S/C26H22N6O4S/c1-36-19-7-8-22(29-14-19)31-24(33)16-5-6-18(28-13-16)15-32-21(12-17-4-2-3-10-27-17)25(34)30-20-9-11-37-23(20)26(32)35/h2-11,13-14,21H,12,15H2,1H3,(H,30,34)(H,29,31,33). The summed E-state index contributed by atoms with van der Waals surface area (Å²) in [5.74, 6) is 0.0211. The van der Waals surface area contributed by atoms with E-state index in [0.717, 1.165) is 0 Å². The first-order valence-electron chi connectivity index (χ1n) is 11.4. The first-order chi connectivity index (χ1) is 18.0. The molecule has 2 N–H and O–H groups in total. The van der Waals surface area contributed by atoms with Gasteiger partial charge in [-0.15, -0.1) is 11.3 Å². The van der Waals surface area contributed by atoms with Crippen LogP contribution in [0.3, 0.4) is 0 Å². The Morgan fingerprint density at radius 1 is 1.05 bits per heavy atom. The minimum atomic E-state index is -0.784. The number of pyridine rings is 3. The van der Waals surface area contributed by atoms with Gasteiger partial charge in [0, 0.05) is 24.5 Å². The summed E-state index contributed by atoms with van der Waals surface area (Å²) in [6.45, 7) is 0.0863. The van der Waals surface area contributed by atoms with Crippen molar-refractivity contribution in [2.75, 3.05) is 17.7 Å². The van der Waals surface area contributed by atoms with E-state index < -0.39 is 6.04 Å². The Balaban J connectivity index is 1.35. The molecule has 0 saturated heterocycles. The molecule has 0 fully saturated rings. The fraction of sp³-hybridized carbons (Fsp3) is 0.154. The Labute approximate surface area is 216 Å². The molecule has 10 nitrogen and oxygen atoms in total. The monoisotopic (exact) mass is 514 g/mol. The van der Waals surface area contributed by atoms with E-state index in [2.05, 4.69) is 25.6 Å². The summed E-state index contributed by atoms with van der Waals surface area (Å²) in [7, 11) is 1.54. The van der Waals surface area contributed by atoms with Crippen LogP contribution in [-0.4, -0.2) is 50.7 Å². The summed E-state index contributed by atoms with van der Waals surface area (Å²) in [5.41, 5.74) is 2.05. The summed E-state index contributed by atoms with van der Waals surface area (Å²) < 4.78 is 5.07. The zero-order valence-corrected chi connectivity index (χ0v) is 20.6. The van der Waals surface area contributed by atoms with Crippen molar-refractivity contribution in [1.29, 1.82) is 0 Å². The molecule has 0 aliphatic carbocycles. The number of hydrogen-bond acceptors (Lipinski definition) is 8. The Morgan fingerprint density at radius 2 is 1.95 bits per heavy atom. The fourth-order valence-corrected chi connectivity index (χ4v) is 4.70. The minimum Gasteiger partial charge on any atom is -0.495 e. The second kappa shape index (κ2) is 10.5. The van der Waals surface area contributed by atoms with Gasteiger partial charge in [-0.25, -0.2) is 4.98 Å². The van der Waals surface area contributed by atoms with Gasteiger partial charge in [0.15, 0.2) is 0 Å². The van der Waals surface area contributed by atoms with Gasteiger partial charge >= 0.3 is 0 Å². The number of nitrogens with zero attached hydrogens (tertiary/aromatic N) is 4. The predicted molar refractivity (Wildman–Crippen MR) is 138 cm³/mol. The Kier molecular flexibility index (Phi) is 6.86. The highest BCUT2D eigenvalue weighted by atomic mass is 32.1. The maximum Gasteiger partial charge on any atom is 0.267 e. The number of methoxy groups -OCH3 is 1. The van der Waals surface area contributed by atoms with Crippen molar-refractivity contribution in [2.24, 2.45) is 0 Å². The molecule has 0 aromatic carbocycles. The van der Waals surface area contributed by atoms with Crippen LogP contribution in [-0.2, 0) is 17.8 Å². The van der Waals surface area contributed by atoms with E-state index >= 15 is 0 Å². The number of aromatic nitrogens is 3. The van der Waals surface area contributed by atoms with Crippen molar-refractivity contribution in [3.8, 4) is 5.75 Å². The van der Waals surface area contributed by atoms with Crippen LogP contribution in [0.25, 0.3) is 0 Å². The Morgan fingerprint density at radius 3 is 2.65 bits per heavy atom. The van der Waals surface area contributed by atoms with Crippen LogP contribution >= 0.6 is 11.3 Å². The largest absolute Gasteiger partial charge is 0.495 e. The molecule has 4 aromatic heterocycles. The highest BCUT2D eigenvalue weighted by Gasteiger charge is 2.36. The Bertz CT molecular complexity index is 1420. The lowest BCUT2D eigenvalue weighted by molar-refractivity contribution is -0.120. The highest BCUT2D eigenvalue weighted by Crippen LogP contribution is 2.30. The van der Waals surface area contributed by atoms with Crippen molar-refractivity contribution in [1.82, 2.24) is 19.9 Å². The Hall–Kier alpha value is -4.64. The van der Waals surface area contributed by atoms with Crippen molar-refractivity contribution < 1.29 is 19.1 Å². The topological polar surface area (TPSA) is 126 Å². The number of carbonyl (C=O) groups is 3. The van der Waals surface area contributed by atoms with Crippen molar-refractivity contribution in [3.63, 3.8) is 0 Å². The molecule has 1 unspecified atom stereocenters. The number of amides is 3. The van der Waals surface area contributed by atoms with E-state index in [9.17, 15) is 14.4 Å². The number of thiophene rings is 1. The average molecular weight is 515 g/mol. The number of ether oxygens (including phenoxy) is 1. The van der Waals surface area contributed by atoms with Gasteiger partial charge < -0.3 is 20.3 Å². The molecule has 5 rings (SSSR count). The second-order valence-corrected chi connectivity index (χ2v) is 9.12. The summed E-state index contributed by atoms with van der Waals surface area (Å²) >= 11 is 1.27. The average Bonchev–Trinajstić information content (AvgIpc) is 3.36. The SMILES string of the molecule is COc1ccc(NC(=O)c2ccc(CN3C(=O)c4sccc4NC(=O)C3Cc3ccccn3)nc2)nc1. The number of carbonyl (C=O) groups excluding carboxylic acids is 3. The lowest BCUT2D eigenvalue weighted by Gasteiger charge is -2.28. The molecule has 1 aliphatic rings. The molecule has 186 valence electrons. The van der Waals surface area contributed by atoms with Gasteiger partial charge in [-0.2, -0.15) is 0 Å². The van der Waals surface area contributed by atoms with Crippen LogP contribution in [0.15, 0.2) is 72.5 Å². The van der Waals surface area contributed by atoms with Gasteiger partial charge in [-0.05, 0) is 47.8 Å². The number of fused-ring (bicyclic) bond motifs is 1. The summed E-state index contributed by atoms with van der Waals surface area (Å²) in [6, 6.07) is 13.0. The molecular weight excluding hydrogens is 492 g/mol. The molecule has 4 aromatic rings. The third kappa shape index (κ3) is 5.31. The first kappa shape index (κ1) is 24.1. The van der Waals surface area contributed by atoms with Gasteiger partial charge in [0.2, 0.25) is 5.91 Å². The van der Waals surface area contributed by atoms with Crippen LogP contribution in [0.1, 0.15) is 31.4 Å². The van der Waals surface area contributed by atoms with Gasteiger partial charge in [0.05, 0.1) is 36.8 Å². The van der Waals surface area contributed by atoms with Gasteiger partial charge in [-0.1, -0.05) is 6.07 Å². The fourth-order valence-electron chi connectivity index (χ4n) is 3.90. The third-order valence-electron chi connectivity index (χ3n) is 5.82. The number of nitrogens with one attached hydrogen (secondary N) is 2. The van der Waals surface area contributed by atoms with Crippen LogP contribution in [0.2, 0.25) is 0 Å². The van der Waals surface area contributed by atoms with Gasteiger partial charge in [-0.3, -0.25) is 24.4 Å². The predicted octanol–water partition coefficient (Wildman–Crippen LogP) is 3.40. The summed E-state index contributed by atoms with van der Waals surface area (Å²) in [4.78, 5) is 54.1. The maximum atomic E-state index is 13.5. The van der Waals surface area contributed by atoms with E-state index in [0.29, 0.717) is 39.1 Å². The molecule has 0 radical (unpaired) electrons. The van der Waals surface area contributed by atoms with E-state index in [1.54, 1.807) is 48.0 Å². The van der Waals surface area contributed by atoms with Gasteiger partial charge in [0.25, 0.3) is 11.8 Å². The molecule has 0 bridgehead atoms. The second-order valence-electron chi connectivity index (χ2n) is 8.20.